The van der Waals surface area contributed by atoms with Crippen molar-refractivity contribution in [3.05, 3.63) is 23.3 Å². The standard InChI is InChI=1S/C13H21NO3/c1-9-7-13(17-4)10(8-12(9)16-3)11(14-2)5-6-15/h7-8,11,14-15H,5-6H2,1-4H3. The largest absolute Gasteiger partial charge is 0.496 e. The average molecular weight is 239 g/mol. The zero-order chi connectivity index (χ0) is 12.8. The van der Waals surface area contributed by atoms with Crippen LogP contribution in [0, 0.1) is 6.92 Å². The number of aryl methyl sites for hydroxylation is 1. The predicted octanol–water partition coefficient (Wildman–Crippen LogP) is 1.66. The van der Waals surface area contributed by atoms with Crippen LogP contribution in [-0.4, -0.2) is 33.0 Å². The fraction of sp³-hybridized carbons (Fsp3) is 0.538. The van der Waals surface area contributed by atoms with Crippen LogP contribution < -0.4 is 14.8 Å². The van der Waals surface area contributed by atoms with Gasteiger partial charge in [-0.1, -0.05) is 0 Å². The number of nitrogens with one attached hydrogen (secondary N) is 1. The van der Waals surface area contributed by atoms with E-state index < -0.39 is 0 Å². The van der Waals surface area contributed by atoms with E-state index in [2.05, 4.69) is 5.32 Å². The highest BCUT2D eigenvalue weighted by molar-refractivity contribution is 5.47. The Labute approximate surface area is 103 Å². The number of methoxy groups -OCH3 is 2. The van der Waals surface area contributed by atoms with Crippen LogP contribution >= 0.6 is 0 Å². The number of aliphatic hydroxyl groups is 1. The van der Waals surface area contributed by atoms with Gasteiger partial charge < -0.3 is 19.9 Å². The highest BCUT2D eigenvalue weighted by Crippen LogP contribution is 2.33. The molecule has 0 bridgehead atoms. The van der Waals surface area contributed by atoms with Crippen LogP contribution in [0.25, 0.3) is 0 Å². The second-order valence-electron chi connectivity index (χ2n) is 3.92. The van der Waals surface area contributed by atoms with Crippen molar-refractivity contribution >= 4 is 0 Å². The molecule has 1 rings (SSSR count). The first-order valence-electron chi connectivity index (χ1n) is 5.68. The molecule has 0 saturated heterocycles. The van der Waals surface area contributed by atoms with Crippen LogP contribution in [-0.2, 0) is 0 Å². The molecule has 0 saturated carbocycles. The highest BCUT2D eigenvalue weighted by atomic mass is 16.5. The number of aliphatic hydroxyl groups excluding tert-OH is 1. The molecule has 0 aromatic heterocycles. The van der Waals surface area contributed by atoms with Crippen LogP contribution in [0.1, 0.15) is 23.6 Å². The molecule has 96 valence electrons. The van der Waals surface area contributed by atoms with E-state index in [4.69, 9.17) is 14.6 Å². The van der Waals surface area contributed by atoms with Gasteiger partial charge >= 0.3 is 0 Å². The molecule has 1 aromatic rings. The Morgan fingerprint density at radius 1 is 1.24 bits per heavy atom. The van der Waals surface area contributed by atoms with Gasteiger partial charge in [-0.3, -0.25) is 0 Å². The van der Waals surface area contributed by atoms with Crippen LogP contribution in [0.15, 0.2) is 12.1 Å². The van der Waals surface area contributed by atoms with Crippen LogP contribution in [0.3, 0.4) is 0 Å². The van der Waals surface area contributed by atoms with Crippen LogP contribution in [0.2, 0.25) is 0 Å². The smallest absolute Gasteiger partial charge is 0.124 e. The molecule has 4 heteroatoms. The van der Waals surface area contributed by atoms with Crippen molar-refractivity contribution in [2.75, 3.05) is 27.9 Å². The lowest BCUT2D eigenvalue weighted by molar-refractivity contribution is 0.266. The molecule has 1 unspecified atom stereocenters. The summed E-state index contributed by atoms with van der Waals surface area (Å²) in [6, 6.07) is 3.98. The molecule has 0 amide bonds. The van der Waals surface area contributed by atoms with Crippen molar-refractivity contribution in [2.24, 2.45) is 0 Å². The minimum atomic E-state index is 0.0597. The van der Waals surface area contributed by atoms with E-state index in [1.165, 1.54) is 0 Å². The summed E-state index contributed by atoms with van der Waals surface area (Å²) in [7, 11) is 5.17. The summed E-state index contributed by atoms with van der Waals surface area (Å²) >= 11 is 0. The first-order chi connectivity index (χ1) is 8.17. The van der Waals surface area contributed by atoms with Gasteiger partial charge in [-0.05, 0) is 38.1 Å². The molecule has 2 N–H and O–H groups in total. The molecule has 1 atom stereocenters. The number of benzene rings is 1. The first kappa shape index (κ1) is 13.8. The summed E-state index contributed by atoms with van der Waals surface area (Å²) in [5.74, 6) is 1.65. The summed E-state index contributed by atoms with van der Waals surface area (Å²) in [5, 5.41) is 12.2. The first-order valence-corrected chi connectivity index (χ1v) is 5.68. The SMILES string of the molecule is CNC(CCO)c1cc(OC)c(C)cc1OC. The molecular weight excluding hydrogens is 218 g/mol. The van der Waals surface area contributed by atoms with E-state index in [1.54, 1.807) is 14.2 Å². The van der Waals surface area contributed by atoms with Crippen molar-refractivity contribution < 1.29 is 14.6 Å². The van der Waals surface area contributed by atoms with Crippen molar-refractivity contribution in [2.45, 2.75) is 19.4 Å². The van der Waals surface area contributed by atoms with Gasteiger partial charge in [-0.15, -0.1) is 0 Å². The van der Waals surface area contributed by atoms with E-state index in [9.17, 15) is 0 Å². The lowest BCUT2D eigenvalue weighted by atomic mass is 10.0. The van der Waals surface area contributed by atoms with Crippen LogP contribution in [0.4, 0.5) is 0 Å². The maximum Gasteiger partial charge on any atom is 0.124 e. The van der Waals surface area contributed by atoms with Crippen molar-refractivity contribution in [3.8, 4) is 11.5 Å². The van der Waals surface area contributed by atoms with E-state index in [-0.39, 0.29) is 12.6 Å². The maximum atomic E-state index is 9.06. The fourth-order valence-corrected chi connectivity index (χ4v) is 1.93. The molecule has 0 heterocycles. The molecule has 4 nitrogen and oxygen atoms in total. The lowest BCUT2D eigenvalue weighted by Crippen LogP contribution is -2.18. The topological polar surface area (TPSA) is 50.7 Å². The van der Waals surface area contributed by atoms with Gasteiger partial charge in [0.15, 0.2) is 0 Å². The van der Waals surface area contributed by atoms with Gasteiger partial charge in [0.25, 0.3) is 0 Å². The average Bonchev–Trinajstić information content (AvgIpc) is 2.35. The molecule has 0 radical (unpaired) electrons. The Balaban J connectivity index is 3.18. The highest BCUT2D eigenvalue weighted by Gasteiger charge is 2.16. The second kappa shape index (κ2) is 6.47. The van der Waals surface area contributed by atoms with Crippen molar-refractivity contribution in [1.82, 2.24) is 5.32 Å². The van der Waals surface area contributed by atoms with E-state index in [0.29, 0.717) is 6.42 Å². The fourth-order valence-electron chi connectivity index (χ4n) is 1.93. The van der Waals surface area contributed by atoms with Crippen molar-refractivity contribution in [1.29, 1.82) is 0 Å². The summed E-state index contributed by atoms with van der Waals surface area (Å²) in [5.41, 5.74) is 2.04. The Morgan fingerprint density at radius 2 is 1.88 bits per heavy atom. The normalized spacial score (nSPS) is 12.3. The van der Waals surface area contributed by atoms with E-state index in [0.717, 1.165) is 22.6 Å². The Morgan fingerprint density at radius 3 is 2.35 bits per heavy atom. The van der Waals surface area contributed by atoms with Gasteiger partial charge in [-0.2, -0.15) is 0 Å². The maximum absolute atomic E-state index is 9.06. The third-order valence-corrected chi connectivity index (χ3v) is 2.89. The van der Waals surface area contributed by atoms with Gasteiger partial charge in [-0.25, -0.2) is 0 Å². The molecule has 0 fully saturated rings. The number of hydrogen-bond acceptors (Lipinski definition) is 4. The minimum absolute atomic E-state index is 0.0597. The zero-order valence-electron chi connectivity index (χ0n) is 10.9. The number of hydrogen-bond donors (Lipinski definition) is 2. The van der Waals surface area contributed by atoms with Gasteiger partial charge in [0.05, 0.1) is 14.2 Å². The molecular formula is C13H21NO3. The second-order valence-corrected chi connectivity index (χ2v) is 3.92. The molecule has 17 heavy (non-hydrogen) atoms. The molecule has 0 aliphatic heterocycles. The van der Waals surface area contributed by atoms with Gasteiger partial charge in [0, 0.05) is 18.2 Å². The Hall–Kier alpha value is -1.26. The monoisotopic (exact) mass is 239 g/mol. The van der Waals surface area contributed by atoms with Gasteiger partial charge in [0.2, 0.25) is 0 Å². The lowest BCUT2D eigenvalue weighted by Gasteiger charge is -2.20. The Kier molecular flexibility index (Phi) is 5.25. The van der Waals surface area contributed by atoms with Crippen molar-refractivity contribution in [3.63, 3.8) is 0 Å². The summed E-state index contributed by atoms with van der Waals surface area (Å²) in [6.45, 7) is 2.11. The molecule has 0 aliphatic carbocycles. The third-order valence-electron chi connectivity index (χ3n) is 2.89. The number of ether oxygens (including phenoxy) is 2. The van der Waals surface area contributed by atoms with Crippen LogP contribution in [0.5, 0.6) is 11.5 Å². The number of rotatable bonds is 6. The molecule has 0 aliphatic rings. The minimum Gasteiger partial charge on any atom is -0.496 e. The summed E-state index contributed by atoms with van der Waals surface area (Å²) in [6.07, 6.45) is 0.638. The zero-order valence-corrected chi connectivity index (χ0v) is 10.9. The third kappa shape index (κ3) is 3.11. The van der Waals surface area contributed by atoms with E-state index in [1.807, 2.05) is 26.1 Å². The Bertz CT molecular complexity index is 366. The summed E-state index contributed by atoms with van der Waals surface area (Å²) < 4.78 is 10.7. The molecule has 0 spiro atoms. The predicted molar refractivity (Wildman–Crippen MR) is 67.8 cm³/mol. The summed E-state index contributed by atoms with van der Waals surface area (Å²) in [4.78, 5) is 0. The molecule has 1 aromatic carbocycles. The van der Waals surface area contributed by atoms with Gasteiger partial charge in [0.1, 0.15) is 11.5 Å². The van der Waals surface area contributed by atoms with E-state index >= 15 is 0 Å². The quantitative estimate of drug-likeness (QED) is 0.792.